The quantitative estimate of drug-likeness (QED) is 0.847. The Morgan fingerprint density at radius 3 is 3.06 bits per heavy atom. The summed E-state index contributed by atoms with van der Waals surface area (Å²) in [5, 5.41) is 7.97. The predicted octanol–water partition coefficient (Wildman–Crippen LogP) is 1.87. The number of aromatic nitrogens is 2. The number of nitrogens with one attached hydrogen (secondary N) is 1. The summed E-state index contributed by atoms with van der Waals surface area (Å²) < 4.78 is 2.00. The van der Waals surface area contributed by atoms with E-state index in [4.69, 9.17) is 0 Å². The van der Waals surface area contributed by atoms with E-state index in [1.807, 2.05) is 10.9 Å². The lowest BCUT2D eigenvalue weighted by Gasteiger charge is -2.34. The van der Waals surface area contributed by atoms with Crippen LogP contribution in [-0.4, -0.2) is 35.5 Å². The molecule has 0 radical (unpaired) electrons. The molecule has 0 spiro atoms. The molecule has 1 aliphatic rings. The number of piperidine rings is 1. The van der Waals surface area contributed by atoms with Gasteiger partial charge in [0, 0.05) is 31.9 Å². The zero-order valence-corrected chi connectivity index (χ0v) is 11.0. The number of hydrogen-bond donors (Lipinski definition) is 1. The maximum Gasteiger partial charge on any atom is 0.0753 e. The van der Waals surface area contributed by atoms with Gasteiger partial charge >= 0.3 is 0 Å². The third kappa shape index (κ3) is 3.22. The molecule has 1 aromatic rings. The molecule has 2 rings (SSSR count). The molecule has 0 aliphatic carbocycles. The summed E-state index contributed by atoms with van der Waals surface area (Å²) in [5.74, 6) is 0. The molecule has 0 amide bonds. The van der Waals surface area contributed by atoms with Gasteiger partial charge in [0.15, 0.2) is 0 Å². The summed E-state index contributed by atoms with van der Waals surface area (Å²) >= 11 is 0. The molecule has 96 valence electrons. The van der Waals surface area contributed by atoms with Crippen molar-refractivity contribution < 1.29 is 0 Å². The van der Waals surface area contributed by atoms with Gasteiger partial charge in [-0.15, -0.1) is 0 Å². The van der Waals surface area contributed by atoms with E-state index in [1.165, 1.54) is 31.5 Å². The Kier molecular flexibility index (Phi) is 4.42. The average Bonchev–Trinajstić information content (AvgIpc) is 2.85. The minimum atomic E-state index is 0.647. The molecule has 1 unspecified atom stereocenters. The van der Waals surface area contributed by atoms with Crippen LogP contribution in [0.2, 0.25) is 0 Å². The van der Waals surface area contributed by atoms with Gasteiger partial charge in [0.2, 0.25) is 0 Å². The van der Waals surface area contributed by atoms with Crippen molar-refractivity contribution in [3.63, 3.8) is 0 Å². The third-order valence-electron chi connectivity index (χ3n) is 3.41. The lowest BCUT2D eigenvalue weighted by atomic mass is 10.1. The fourth-order valence-corrected chi connectivity index (χ4v) is 2.42. The molecular weight excluding hydrogens is 212 g/mol. The van der Waals surface area contributed by atoms with Crippen molar-refractivity contribution in [1.29, 1.82) is 0 Å². The topological polar surface area (TPSA) is 33.1 Å². The Balaban J connectivity index is 1.92. The van der Waals surface area contributed by atoms with E-state index in [-0.39, 0.29) is 0 Å². The van der Waals surface area contributed by atoms with Crippen molar-refractivity contribution in [2.24, 2.45) is 0 Å². The van der Waals surface area contributed by atoms with Gasteiger partial charge < -0.3 is 10.2 Å². The fraction of sp³-hybridized carbons (Fsp3) is 0.769. The fourth-order valence-electron chi connectivity index (χ4n) is 2.42. The summed E-state index contributed by atoms with van der Waals surface area (Å²) in [7, 11) is 0. The Bertz CT molecular complexity index is 334. The van der Waals surface area contributed by atoms with Gasteiger partial charge in [-0.1, -0.05) is 6.92 Å². The van der Waals surface area contributed by atoms with Gasteiger partial charge in [-0.3, -0.25) is 4.68 Å². The lowest BCUT2D eigenvalue weighted by molar-refractivity contribution is 0.423. The average molecular weight is 236 g/mol. The largest absolute Gasteiger partial charge is 0.367 e. The Morgan fingerprint density at radius 2 is 2.35 bits per heavy atom. The molecule has 1 saturated heterocycles. The highest BCUT2D eigenvalue weighted by Crippen LogP contribution is 2.19. The van der Waals surface area contributed by atoms with Crippen LogP contribution in [0, 0.1) is 0 Å². The van der Waals surface area contributed by atoms with E-state index in [9.17, 15) is 0 Å². The molecule has 0 saturated carbocycles. The Morgan fingerprint density at radius 1 is 1.47 bits per heavy atom. The molecular formula is C13H24N4. The van der Waals surface area contributed by atoms with E-state index in [2.05, 4.69) is 35.4 Å². The maximum absolute atomic E-state index is 4.35. The van der Waals surface area contributed by atoms with Crippen LogP contribution in [0.4, 0.5) is 5.69 Å². The van der Waals surface area contributed by atoms with Gasteiger partial charge in [0.05, 0.1) is 11.9 Å². The number of nitrogens with zero attached hydrogens (tertiary/aromatic N) is 3. The van der Waals surface area contributed by atoms with Crippen molar-refractivity contribution in [3.8, 4) is 0 Å². The molecule has 4 nitrogen and oxygen atoms in total. The van der Waals surface area contributed by atoms with Crippen LogP contribution >= 0.6 is 0 Å². The van der Waals surface area contributed by atoms with Gasteiger partial charge in [-0.2, -0.15) is 5.10 Å². The van der Waals surface area contributed by atoms with Gasteiger partial charge in [0.25, 0.3) is 0 Å². The molecule has 0 bridgehead atoms. The molecule has 2 heterocycles. The molecule has 1 fully saturated rings. The van der Waals surface area contributed by atoms with Crippen LogP contribution < -0.4 is 10.2 Å². The molecule has 1 atom stereocenters. The van der Waals surface area contributed by atoms with Crippen molar-refractivity contribution in [3.05, 3.63) is 12.4 Å². The Hall–Kier alpha value is -1.03. The van der Waals surface area contributed by atoms with E-state index in [1.54, 1.807) is 0 Å². The summed E-state index contributed by atoms with van der Waals surface area (Å²) in [6.07, 6.45) is 7.94. The van der Waals surface area contributed by atoms with Crippen LogP contribution in [0.1, 0.15) is 33.1 Å². The van der Waals surface area contributed by atoms with E-state index in [0.29, 0.717) is 6.04 Å². The second kappa shape index (κ2) is 6.05. The molecule has 1 N–H and O–H groups in total. The first-order valence-electron chi connectivity index (χ1n) is 6.84. The minimum absolute atomic E-state index is 0.647. The van der Waals surface area contributed by atoms with Crippen LogP contribution in [0.15, 0.2) is 12.4 Å². The van der Waals surface area contributed by atoms with Crippen molar-refractivity contribution >= 4 is 5.69 Å². The van der Waals surface area contributed by atoms with Gasteiger partial charge in [-0.25, -0.2) is 0 Å². The van der Waals surface area contributed by atoms with E-state index >= 15 is 0 Å². The monoisotopic (exact) mass is 236 g/mol. The lowest BCUT2D eigenvalue weighted by Crippen LogP contribution is -2.45. The minimum Gasteiger partial charge on any atom is -0.367 e. The van der Waals surface area contributed by atoms with Crippen LogP contribution in [0.25, 0.3) is 0 Å². The zero-order chi connectivity index (χ0) is 12.1. The first-order valence-corrected chi connectivity index (χ1v) is 6.84. The van der Waals surface area contributed by atoms with Crippen LogP contribution in [0.3, 0.4) is 0 Å². The predicted molar refractivity (Wildman–Crippen MR) is 71.4 cm³/mol. The van der Waals surface area contributed by atoms with Crippen LogP contribution in [-0.2, 0) is 6.54 Å². The highest BCUT2D eigenvalue weighted by Gasteiger charge is 2.20. The third-order valence-corrected chi connectivity index (χ3v) is 3.41. The van der Waals surface area contributed by atoms with E-state index in [0.717, 1.165) is 19.6 Å². The van der Waals surface area contributed by atoms with Crippen molar-refractivity contribution in [1.82, 2.24) is 15.1 Å². The first-order chi connectivity index (χ1) is 8.33. The van der Waals surface area contributed by atoms with E-state index < -0.39 is 0 Å². The number of aryl methyl sites for hydroxylation is 1. The van der Waals surface area contributed by atoms with Crippen molar-refractivity contribution in [2.75, 3.05) is 24.5 Å². The second-order valence-electron chi connectivity index (χ2n) is 4.79. The van der Waals surface area contributed by atoms with Crippen molar-refractivity contribution in [2.45, 2.75) is 45.7 Å². The molecule has 17 heavy (non-hydrogen) atoms. The van der Waals surface area contributed by atoms with Crippen LogP contribution in [0.5, 0.6) is 0 Å². The van der Waals surface area contributed by atoms with Gasteiger partial charge in [0.1, 0.15) is 0 Å². The summed E-state index contributed by atoms with van der Waals surface area (Å²) in [5.41, 5.74) is 1.27. The number of rotatable bonds is 5. The Labute approximate surface area is 104 Å². The molecule has 0 aromatic carbocycles. The molecule has 4 heteroatoms. The molecule has 1 aliphatic heterocycles. The standard InChI is InChI=1S/C13H24N4/c1-3-7-14-12-6-5-8-16(10-12)13-9-15-17(4-2)11-13/h9,11-12,14H,3-8,10H2,1-2H3. The number of hydrogen-bond acceptors (Lipinski definition) is 3. The first kappa shape index (κ1) is 12.4. The summed E-state index contributed by atoms with van der Waals surface area (Å²) in [4.78, 5) is 2.45. The highest BCUT2D eigenvalue weighted by molar-refractivity contribution is 5.43. The maximum atomic E-state index is 4.35. The number of anilines is 1. The zero-order valence-electron chi connectivity index (χ0n) is 11.0. The summed E-state index contributed by atoms with van der Waals surface area (Å²) in [6, 6.07) is 0.647. The smallest absolute Gasteiger partial charge is 0.0753 e. The summed E-state index contributed by atoms with van der Waals surface area (Å²) in [6.45, 7) is 8.71. The molecule has 1 aromatic heterocycles. The normalized spacial score (nSPS) is 20.8. The highest BCUT2D eigenvalue weighted by atomic mass is 15.3. The SMILES string of the molecule is CCCNC1CCCN(c2cnn(CC)c2)C1. The second-order valence-corrected chi connectivity index (χ2v) is 4.79. The van der Waals surface area contributed by atoms with Gasteiger partial charge in [-0.05, 0) is 32.7 Å².